The van der Waals surface area contributed by atoms with Gasteiger partial charge in [-0.05, 0) is 91.2 Å². The second-order valence-corrected chi connectivity index (χ2v) is 14.2. The summed E-state index contributed by atoms with van der Waals surface area (Å²) in [7, 11) is 0. The van der Waals surface area contributed by atoms with Crippen molar-refractivity contribution in [1.82, 2.24) is 0 Å². The number of hydrogen-bond acceptors (Lipinski definition) is 8. The average Bonchev–Trinajstić information content (AvgIpc) is 3.08. The van der Waals surface area contributed by atoms with Crippen LogP contribution in [0.15, 0.2) is 12.1 Å². The summed E-state index contributed by atoms with van der Waals surface area (Å²) >= 11 is 0. The molecule has 1 aromatic rings. The molecule has 1 rings (SSSR count). The second-order valence-electron chi connectivity index (χ2n) is 14.2. The lowest BCUT2D eigenvalue weighted by atomic mass is 9.97. The Morgan fingerprint density at radius 1 is 0.380 bits per heavy atom. The minimum Gasteiger partial charge on any atom is -0.459 e. The molecule has 0 unspecified atom stereocenters. The summed E-state index contributed by atoms with van der Waals surface area (Å²) in [5.74, 6) is -2.99. The molecule has 0 saturated carbocycles. The standard InChI is InChI=1S/C42H70O8/c1-9-13-17-21-25-31(5)47-39(43)35-29-37(41(45)49-33(7)27-23-19-15-11-3)38(42(46)50-34(8)28-24-20-16-12-4)30-36(35)40(44)48-32(6)26-22-18-14-10-2/h29-34H,9-28H2,1-8H3/t31-,32-,33-,34-/m0/s1. The Labute approximate surface area is 304 Å². The van der Waals surface area contributed by atoms with Gasteiger partial charge in [0.2, 0.25) is 0 Å². The molecule has 0 heterocycles. The van der Waals surface area contributed by atoms with E-state index in [2.05, 4.69) is 27.7 Å². The molecule has 0 radical (unpaired) electrons. The Hall–Kier alpha value is -2.90. The minimum atomic E-state index is -0.749. The van der Waals surface area contributed by atoms with E-state index in [0.29, 0.717) is 25.7 Å². The maximum absolute atomic E-state index is 13.7. The zero-order valence-electron chi connectivity index (χ0n) is 32.9. The third kappa shape index (κ3) is 18.4. The summed E-state index contributed by atoms with van der Waals surface area (Å²) < 4.78 is 23.2. The van der Waals surface area contributed by atoms with Crippen molar-refractivity contribution in [2.45, 2.75) is 208 Å². The maximum Gasteiger partial charge on any atom is 0.339 e. The Balaban J connectivity index is 3.54. The summed E-state index contributed by atoms with van der Waals surface area (Å²) in [5, 5.41) is 0. The Morgan fingerprint density at radius 2 is 0.580 bits per heavy atom. The predicted molar refractivity (Wildman–Crippen MR) is 201 cm³/mol. The molecule has 0 aliphatic heterocycles. The van der Waals surface area contributed by atoms with Crippen LogP contribution in [0.1, 0.15) is 225 Å². The van der Waals surface area contributed by atoms with Gasteiger partial charge in [-0.15, -0.1) is 0 Å². The smallest absolute Gasteiger partial charge is 0.339 e. The van der Waals surface area contributed by atoms with Gasteiger partial charge in [0.05, 0.1) is 46.7 Å². The van der Waals surface area contributed by atoms with Gasteiger partial charge in [0.1, 0.15) is 0 Å². The molecule has 1 aromatic carbocycles. The fourth-order valence-electron chi connectivity index (χ4n) is 5.93. The molecule has 0 aromatic heterocycles. The monoisotopic (exact) mass is 703 g/mol. The first kappa shape index (κ1) is 45.1. The van der Waals surface area contributed by atoms with Crippen LogP contribution in [0.5, 0.6) is 0 Å². The Morgan fingerprint density at radius 3 is 0.760 bits per heavy atom. The lowest BCUT2D eigenvalue weighted by molar-refractivity contribution is 0.0254. The van der Waals surface area contributed by atoms with Crippen molar-refractivity contribution in [3.8, 4) is 0 Å². The van der Waals surface area contributed by atoms with Crippen molar-refractivity contribution in [2.24, 2.45) is 0 Å². The molecule has 50 heavy (non-hydrogen) atoms. The van der Waals surface area contributed by atoms with Crippen LogP contribution in [-0.2, 0) is 18.9 Å². The fourth-order valence-corrected chi connectivity index (χ4v) is 5.93. The molecule has 8 nitrogen and oxygen atoms in total. The normalized spacial score (nSPS) is 13.6. The molecule has 286 valence electrons. The van der Waals surface area contributed by atoms with Gasteiger partial charge in [0.15, 0.2) is 0 Å². The van der Waals surface area contributed by atoms with Gasteiger partial charge < -0.3 is 18.9 Å². The molecule has 0 aliphatic carbocycles. The van der Waals surface area contributed by atoms with Crippen LogP contribution in [0, 0.1) is 0 Å². The van der Waals surface area contributed by atoms with E-state index < -0.39 is 48.3 Å². The highest BCUT2D eigenvalue weighted by Gasteiger charge is 2.31. The molecule has 4 atom stereocenters. The molecule has 0 amide bonds. The number of hydrogen-bond donors (Lipinski definition) is 0. The van der Waals surface area contributed by atoms with Crippen LogP contribution in [0.3, 0.4) is 0 Å². The highest BCUT2D eigenvalue weighted by molar-refractivity contribution is 6.10. The van der Waals surface area contributed by atoms with Crippen molar-refractivity contribution in [3.05, 3.63) is 34.4 Å². The van der Waals surface area contributed by atoms with Gasteiger partial charge in [-0.2, -0.15) is 0 Å². The van der Waals surface area contributed by atoms with Crippen LogP contribution in [-0.4, -0.2) is 48.3 Å². The highest BCUT2D eigenvalue weighted by Crippen LogP contribution is 2.25. The zero-order chi connectivity index (χ0) is 37.3. The summed E-state index contributed by atoms with van der Waals surface area (Å²) in [6.45, 7) is 15.8. The summed E-state index contributed by atoms with van der Waals surface area (Å²) in [6, 6.07) is 2.53. The third-order valence-corrected chi connectivity index (χ3v) is 9.13. The quantitative estimate of drug-likeness (QED) is 0.0482. The van der Waals surface area contributed by atoms with E-state index in [1.54, 1.807) is 0 Å². The van der Waals surface area contributed by atoms with Crippen LogP contribution < -0.4 is 0 Å². The molecular weight excluding hydrogens is 632 g/mol. The first-order chi connectivity index (χ1) is 24.0. The van der Waals surface area contributed by atoms with Gasteiger partial charge >= 0.3 is 23.9 Å². The van der Waals surface area contributed by atoms with Crippen molar-refractivity contribution in [3.63, 3.8) is 0 Å². The molecule has 0 aliphatic rings. The third-order valence-electron chi connectivity index (χ3n) is 9.13. The van der Waals surface area contributed by atoms with Crippen LogP contribution in [0.25, 0.3) is 0 Å². The first-order valence-corrected chi connectivity index (χ1v) is 20.0. The van der Waals surface area contributed by atoms with E-state index >= 15 is 0 Å². The molecule has 0 fully saturated rings. The van der Waals surface area contributed by atoms with Crippen molar-refractivity contribution < 1.29 is 38.1 Å². The van der Waals surface area contributed by atoms with E-state index in [0.717, 1.165) is 103 Å². The molecule has 0 N–H and O–H groups in total. The largest absolute Gasteiger partial charge is 0.459 e. The van der Waals surface area contributed by atoms with Crippen LogP contribution >= 0.6 is 0 Å². The van der Waals surface area contributed by atoms with E-state index in [4.69, 9.17) is 18.9 Å². The zero-order valence-corrected chi connectivity index (χ0v) is 32.9. The first-order valence-electron chi connectivity index (χ1n) is 20.0. The number of benzene rings is 1. The molecule has 8 heteroatoms. The number of carbonyl (C=O) groups excluding carboxylic acids is 4. The molecular formula is C42H70O8. The van der Waals surface area contributed by atoms with Crippen molar-refractivity contribution in [2.75, 3.05) is 0 Å². The number of esters is 4. The SMILES string of the molecule is CCCCCC[C@H](C)OC(=O)c1cc(C(=O)O[C@@H](C)CCCCCC)c(C(=O)O[C@@H](C)CCCCCC)cc1C(=O)O[C@@H](C)CCCCCC. The average molecular weight is 703 g/mol. The van der Waals surface area contributed by atoms with Gasteiger partial charge in [-0.3, -0.25) is 0 Å². The van der Waals surface area contributed by atoms with E-state index in [9.17, 15) is 19.2 Å². The predicted octanol–water partition coefficient (Wildman–Crippen LogP) is 11.7. The van der Waals surface area contributed by atoms with Crippen LogP contribution in [0.2, 0.25) is 0 Å². The molecule has 0 bridgehead atoms. The Kier molecular flexibility index (Phi) is 24.2. The molecule has 0 spiro atoms. The number of carbonyl (C=O) groups is 4. The fraction of sp³-hybridized carbons (Fsp3) is 0.762. The Bertz CT molecular complexity index is 959. The summed E-state index contributed by atoms with van der Waals surface area (Å²) in [6.07, 6.45) is 17.6. The topological polar surface area (TPSA) is 105 Å². The van der Waals surface area contributed by atoms with E-state index in [1.807, 2.05) is 27.7 Å². The van der Waals surface area contributed by atoms with Crippen LogP contribution in [0.4, 0.5) is 0 Å². The minimum absolute atomic E-state index is 0.125. The van der Waals surface area contributed by atoms with E-state index in [-0.39, 0.29) is 22.3 Å². The second kappa shape index (κ2) is 26.8. The van der Waals surface area contributed by atoms with Gasteiger partial charge in [0, 0.05) is 0 Å². The summed E-state index contributed by atoms with van der Waals surface area (Å²) in [5.41, 5.74) is -0.499. The number of ether oxygens (including phenoxy) is 4. The summed E-state index contributed by atoms with van der Waals surface area (Å²) in [4.78, 5) is 54.9. The van der Waals surface area contributed by atoms with Crippen molar-refractivity contribution in [1.29, 1.82) is 0 Å². The number of rotatable bonds is 28. The van der Waals surface area contributed by atoms with Gasteiger partial charge in [-0.1, -0.05) is 105 Å². The van der Waals surface area contributed by atoms with Gasteiger partial charge in [-0.25, -0.2) is 19.2 Å². The lowest BCUT2D eigenvalue weighted by Crippen LogP contribution is -2.25. The lowest BCUT2D eigenvalue weighted by Gasteiger charge is -2.20. The highest BCUT2D eigenvalue weighted by atomic mass is 16.6. The number of unbranched alkanes of at least 4 members (excludes halogenated alkanes) is 12. The molecule has 0 saturated heterocycles. The van der Waals surface area contributed by atoms with Crippen molar-refractivity contribution >= 4 is 23.9 Å². The maximum atomic E-state index is 13.7. The van der Waals surface area contributed by atoms with E-state index in [1.165, 1.54) is 12.1 Å². The van der Waals surface area contributed by atoms with Gasteiger partial charge in [0.25, 0.3) is 0 Å².